The van der Waals surface area contributed by atoms with Gasteiger partial charge in [0.15, 0.2) is 0 Å². The van der Waals surface area contributed by atoms with E-state index in [1.165, 1.54) is 0 Å². The molecule has 6 heteroatoms. The average Bonchev–Trinajstić information content (AvgIpc) is 3.12. The summed E-state index contributed by atoms with van der Waals surface area (Å²) < 4.78 is 5.27. The number of methoxy groups -OCH3 is 1. The van der Waals surface area contributed by atoms with E-state index in [-0.39, 0.29) is 24.2 Å². The van der Waals surface area contributed by atoms with E-state index in [1.807, 2.05) is 36.4 Å². The van der Waals surface area contributed by atoms with Gasteiger partial charge in [0.25, 0.3) is 0 Å². The largest absolute Gasteiger partial charge is 0.495 e. The van der Waals surface area contributed by atoms with Crippen LogP contribution in [0.25, 0.3) is 0 Å². The maximum atomic E-state index is 12.7. The number of rotatable bonds is 7. The lowest BCUT2D eigenvalue weighted by atomic mass is 10.1. The van der Waals surface area contributed by atoms with Gasteiger partial charge in [-0.25, -0.2) is 0 Å². The van der Waals surface area contributed by atoms with Gasteiger partial charge in [0.1, 0.15) is 5.75 Å². The van der Waals surface area contributed by atoms with Gasteiger partial charge in [0.2, 0.25) is 11.8 Å². The van der Waals surface area contributed by atoms with Crippen LogP contribution in [0.2, 0.25) is 0 Å². The number of nitrogens with one attached hydrogen (secondary N) is 1. The summed E-state index contributed by atoms with van der Waals surface area (Å²) in [4.78, 5) is 29.1. The van der Waals surface area contributed by atoms with Crippen molar-refractivity contribution in [1.82, 2.24) is 0 Å². The van der Waals surface area contributed by atoms with Gasteiger partial charge in [0, 0.05) is 37.4 Å². The zero-order chi connectivity index (χ0) is 20.1. The highest BCUT2D eigenvalue weighted by Gasteiger charge is 2.35. The smallest absolute Gasteiger partial charge is 0.229 e. The van der Waals surface area contributed by atoms with Crippen LogP contribution < -0.4 is 19.9 Å². The standard InChI is InChI=1S/C22H27N3O3/c1-4-24(5-2)17-10-12-18(13-11-17)25-15-16(14-21(25)26)22(27)23-19-8-6-7-9-20(19)28-3/h6-13,16H,4-5,14-15H2,1-3H3,(H,23,27). The molecular formula is C22H27N3O3. The molecular weight excluding hydrogens is 354 g/mol. The van der Waals surface area contributed by atoms with Crippen molar-refractivity contribution >= 4 is 28.9 Å². The lowest BCUT2D eigenvalue weighted by Crippen LogP contribution is -2.28. The van der Waals surface area contributed by atoms with Crippen molar-refractivity contribution in [1.29, 1.82) is 0 Å². The molecule has 1 aliphatic rings. The van der Waals surface area contributed by atoms with E-state index in [9.17, 15) is 9.59 Å². The van der Waals surface area contributed by atoms with Gasteiger partial charge in [-0.1, -0.05) is 12.1 Å². The van der Waals surface area contributed by atoms with Crippen LogP contribution in [-0.4, -0.2) is 38.6 Å². The number of hydrogen-bond donors (Lipinski definition) is 1. The number of carbonyl (C=O) groups is 2. The molecule has 0 aliphatic carbocycles. The molecule has 148 valence electrons. The van der Waals surface area contributed by atoms with Gasteiger partial charge in [-0.15, -0.1) is 0 Å². The van der Waals surface area contributed by atoms with Gasteiger partial charge in [-0.05, 0) is 50.2 Å². The van der Waals surface area contributed by atoms with E-state index in [4.69, 9.17) is 4.74 Å². The summed E-state index contributed by atoms with van der Waals surface area (Å²) >= 11 is 0. The fraction of sp³-hybridized carbons (Fsp3) is 0.364. The number of hydrogen-bond acceptors (Lipinski definition) is 4. The second-order valence-corrected chi connectivity index (χ2v) is 6.78. The Morgan fingerprint density at radius 1 is 1.14 bits per heavy atom. The van der Waals surface area contributed by atoms with Crippen molar-refractivity contribution < 1.29 is 14.3 Å². The molecule has 2 aromatic rings. The van der Waals surface area contributed by atoms with E-state index in [0.717, 1.165) is 24.5 Å². The van der Waals surface area contributed by atoms with Crippen LogP contribution in [0.5, 0.6) is 5.75 Å². The first kappa shape index (κ1) is 19.7. The molecule has 0 bridgehead atoms. The maximum absolute atomic E-state index is 12.7. The number of amides is 2. The normalized spacial score (nSPS) is 16.2. The molecule has 6 nitrogen and oxygen atoms in total. The van der Waals surface area contributed by atoms with Crippen LogP contribution >= 0.6 is 0 Å². The van der Waals surface area contributed by atoms with E-state index in [1.54, 1.807) is 24.1 Å². The highest BCUT2D eigenvalue weighted by atomic mass is 16.5. The Labute approximate surface area is 166 Å². The Balaban J connectivity index is 1.68. The highest BCUT2D eigenvalue weighted by Crippen LogP contribution is 2.29. The third kappa shape index (κ3) is 4.11. The quantitative estimate of drug-likeness (QED) is 0.797. The lowest BCUT2D eigenvalue weighted by Gasteiger charge is -2.22. The molecule has 3 rings (SSSR count). The molecule has 1 heterocycles. The van der Waals surface area contributed by atoms with Crippen molar-refractivity contribution in [2.75, 3.05) is 41.9 Å². The molecule has 0 radical (unpaired) electrons. The minimum Gasteiger partial charge on any atom is -0.495 e. The molecule has 28 heavy (non-hydrogen) atoms. The van der Waals surface area contributed by atoms with Gasteiger partial charge < -0.3 is 19.9 Å². The van der Waals surface area contributed by atoms with Crippen molar-refractivity contribution in [3.63, 3.8) is 0 Å². The minimum absolute atomic E-state index is 0.0317. The molecule has 1 saturated heterocycles. The lowest BCUT2D eigenvalue weighted by molar-refractivity contribution is -0.122. The topological polar surface area (TPSA) is 61.9 Å². The summed E-state index contributed by atoms with van der Waals surface area (Å²) in [6.45, 7) is 6.48. The van der Waals surface area contributed by atoms with E-state index < -0.39 is 0 Å². The Kier molecular flexibility index (Phi) is 6.19. The summed E-state index contributed by atoms with van der Waals surface area (Å²) in [7, 11) is 1.56. The molecule has 2 amide bonds. The van der Waals surface area contributed by atoms with Crippen molar-refractivity contribution in [2.24, 2.45) is 5.92 Å². The molecule has 1 unspecified atom stereocenters. The number of nitrogens with zero attached hydrogens (tertiary/aromatic N) is 2. The van der Waals surface area contributed by atoms with Crippen LogP contribution in [0.1, 0.15) is 20.3 Å². The summed E-state index contributed by atoms with van der Waals surface area (Å²) in [6, 6.07) is 15.2. The summed E-state index contributed by atoms with van der Waals surface area (Å²) in [5.41, 5.74) is 2.57. The van der Waals surface area contributed by atoms with E-state index in [0.29, 0.717) is 18.0 Å². The predicted molar refractivity (Wildman–Crippen MR) is 112 cm³/mol. The first-order valence-corrected chi connectivity index (χ1v) is 9.66. The second kappa shape index (κ2) is 8.78. The molecule has 0 spiro atoms. The molecule has 1 N–H and O–H groups in total. The first-order chi connectivity index (χ1) is 13.6. The third-order valence-electron chi connectivity index (χ3n) is 5.15. The van der Waals surface area contributed by atoms with Crippen LogP contribution in [0, 0.1) is 5.92 Å². The van der Waals surface area contributed by atoms with Gasteiger partial charge >= 0.3 is 0 Å². The van der Waals surface area contributed by atoms with Gasteiger partial charge in [0.05, 0.1) is 18.7 Å². The van der Waals surface area contributed by atoms with Crippen molar-refractivity contribution in [3.05, 3.63) is 48.5 Å². The van der Waals surface area contributed by atoms with Crippen LogP contribution in [0.4, 0.5) is 17.1 Å². The summed E-state index contributed by atoms with van der Waals surface area (Å²) in [5, 5.41) is 2.89. The summed E-state index contributed by atoms with van der Waals surface area (Å²) in [6.07, 6.45) is 0.207. The highest BCUT2D eigenvalue weighted by molar-refractivity contribution is 6.04. The van der Waals surface area contributed by atoms with E-state index in [2.05, 4.69) is 24.1 Å². The zero-order valence-corrected chi connectivity index (χ0v) is 16.6. The van der Waals surface area contributed by atoms with Gasteiger partial charge in [-0.3, -0.25) is 9.59 Å². The monoisotopic (exact) mass is 381 g/mol. The predicted octanol–water partition coefficient (Wildman–Crippen LogP) is 3.53. The van der Waals surface area contributed by atoms with Crippen LogP contribution in [0.3, 0.4) is 0 Å². The third-order valence-corrected chi connectivity index (χ3v) is 5.15. The van der Waals surface area contributed by atoms with Gasteiger partial charge in [-0.2, -0.15) is 0 Å². The van der Waals surface area contributed by atoms with E-state index >= 15 is 0 Å². The van der Waals surface area contributed by atoms with Crippen LogP contribution in [-0.2, 0) is 9.59 Å². The Bertz CT molecular complexity index is 831. The first-order valence-electron chi connectivity index (χ1n) is 9.66. The Morgan fingerprint density at radius 3 is 2.46 bits per heavy atom. The zero-order valence-electron chi connectivity index (χ0n) is 16.6. The molecule has 0 saturated carbocycles. The second-order valence-electron chi connectivity index (χ2n) is 6.78. The average molecular weight is 381 g/mol. The fourth-order valence-electron chi connectivity index (χ4n) is 3.55. The molecule has 1 aliphatic heterocycles. The van der Waals surface area contributed by atoms with Crippen molar-refractivity contribution in [2.45, 2.75) is 20.3 Å². The summed E-state index contributed by atoms with van der Waals surface area (Å²) in [5.74, 6) is 0.0137. The molecule has 2 aromatic carbocycles. The Hall–Kier alpha value is -3.02. The fourth-order valence-corrected chi connectivity index (χ4v) is 3.55. The number of anilines is 3. The molecule has 0 aromatic heterocycles. The number of ether oxygens (including phenoxy) is 1. The van der Waals surface area contributed by atoms with Crippen molar-refractivity contribution in [3.8, 4) is 5.75 Å². The maximum Gasteiger partial charge on any atom is 0.229 e. The molecule has 1 atom stereocenters. The van der Waals surface area contributed by atoms with Crippen LogP contribution in [0.15, 0.2) is 48.5 Å². The number of benzene rings is 2. The molecule has 1 fully saturated rings. The number of carbonyl (C=O) groups excluding carboxylic acids is 2. The minimum atomic E-state index is -0.389. The SMILES string of the molecule is CCN(CC)c1ccc(N2CC(C(=O)Nc3ccccc3OC)CC2=O)cc1. The Morgan fingerprint density at radius 2 is 1.82 bits per heavy atom. The number of para-hydroxylation sites is 2.